The molecule has 0 atom stereocenters. The third kappa shape index (κ3) is 3.20. The molecule has 0 radical (unpaired) electrons. The minimum absolute atomic E-state index is 0.0298. The number of hydrogen-bond donors (Lipinski definition) is 2. The maximum atomic E-state index is 13.4. The SMILES string of the molecule is O=C(COc1ccc(Br)cc1F)NC1(CO)CC1. The first kappa shape index (κ1) is 13.3. The molecule has 1 aromatic carbocycles. The second-order valence-electron chi connectivity index (χ2n) is 4.35. The first-order chi connectivity index (χ1) is 8.54. The normalized spacial score (nSPS) is 16.2. The number of amides is 1. The van der Waals surface area contributed by atoms with Crippen molar-refractivity contribution in [3.8, 4) is 5.75 Å². The minimum atomic E-state index is -0.527. The molecule has 2 rings (SSSR count). The zero-order valence-electron chi connectivity index (χ0n) is 9.58. The van der Waals surface area contributed by atoms with Crippen molar-refractivity contribution in [1.82, 2.24) is 5.32 Å². The van der Waals surface area contributed by atoms with Crippen molar-refractivity contribution < 1.29 is 19.0 Å². The first-order valence-electron chi connectivity index (χ1n) is 5.54. The van der Waals surface area contributed by atoms with E-state index in [1.807, 2.05) is 0 Å². The maximum Gasteiger partial charge on any atom is 0.258 e. The van der Waals surface area contributed by atoms with Crippen molar-refractivity contribution in [3.63, 3.8) is 0 Å². The molecule has 1 fully saturated rings. The van der Waals surface area contributed by atoms with Gasteiger partial charge in [-0.1, -0.05) is 15.9 Å². The third-order valence-electron chi connectivity index (χ3n) is 2.81. The number of benzene rings is 1. The van der Waals surface area contributed by atoms with E-state index < -0.39 is 11.4 Å². The molecular formula is C12H13BrFNO3. The van der Waals surface area contributed by atoms with Crippen LogP contribution in [0.3, 0.4) is 0 Å². The van der Waals surface area contributed by atoms with Crippen LogP contribution in [0.4, 0.5) is 4.39 Å². The van der Waals surface area contributed by atoms with E-state index in [0.29, 0.717) is 4.47 Å². The first-order valence-corrected chi connectivity index (χ1v) is 6.34. The topological polar surface area (TPSA) is 58.6 Å². The molecule has 0 unspecified atom stereocenters. The van der Waals surface area contributed by atoms with E-state index in [1.54, 1.807) is 6.07 Å². The highest BCUT2D eigenvalue weighted by Gasteiger charge is 2.43. The largest absolute Gasteiger partial charge is 0.481 e. The van der Waals surface area contributed by atoms with Crippen LogP contribution in [0.15, 0.2) is 22.7 Å². The van der Waals surface area contributed by atoms with Crippen LogP contribution in [-0.4, -0.2) is 29.8 Å². The van der Waals surface area contributed by atoms with Gasteiger partial charge in [0.2, 0.25) is 0 Å². The standard InChI is InChI=1S/C12H13BrFNO3/c13-8-1-2-10(9(14)5-8)18-6-11(17)15-12(7-16)3-4-12/h1-2,5,16H,3-4,6-7H2,(H,15,17). The molecule has 1 saturated carbocycles. The fourth-order valence-corrected chi connectivity index (χ4v) is 1.87. The van der Waals surface area contributed by atoms with Crippen molar-refractivity contribution in [2.75, 3.05) is 13.2 Å². The van der Waals surface area contributed by atoms with E-state index in [4.69, 9.17) is 9.84 Å². The summed E-state index contributed by atoms with van der Waals surface area (Å²) in [5, 5.41) is 11.7. The zero-order valence-corrected chi connectivity index (χ0v) is 11.2. The van der Waals surface area contributed by atoms with Crippen LogP contribution in [0.2, 0.25) is 0 Å². The number of ether oxygens (including phenoxy) is 1. The van der Waals surface area contributed by atoms with Gasteiger partial charge < -0.3 is 15.2 Å². The minimum Gasteiger partial charge on any atom is -0.481 e. The fraction of sp³-hybridized carbons (Fsp3) is 0.417. The lowest BCUT2D eigenvalue weighted by atomic mass is 10.3. The van der Waals surface area contributed by atoms with E-state index in [1.165, 1.54) is 12.1 Å². The molecule has 1 aliphatic carbocycles. The smallest absolute Gasteiger partial charge is 0.258 e. The summed E-state index contributed by atoms with van der Waals surface area (Å²) in [5.74, 6) is -0.855. The van der Waals surface area contributed by atoms with E-state index in [9.17, 15) is 9.18 Å². The van der Waals surface area contributed by atoms with Crippen molar-refractivity contribution in [1.29, 1.82) is 0 Å². The molecule has 0 spiro atoms. The Bertz CT molecular complexity index is 463. The summed E-state index contributed by atoms with van der Waals surface area (Å²) in [5.41, 5.74) is -0.474. The second kappa shape index (κ2) is 5.24. The van der Waals surface area contributed by atoms with Gasteiger partial charge in [-0.3, -0.25) is 4.79 Å². The van der Waals surface area contributed by atoms with Gasteiger partial charge in [-0.15, -0.1) is 0 Å². The average molecular weight is 318 g/mol. The van der Waals surface area contributed by atoms with E-state index >= 15 is 0 Å². The third-order valence-corrected chi connectivity index (χ3v) is 3.31. The van der Waals surface area contributed by atoms with E-state index in [2.05, 4.69) is 21.2 Å². The molecule has 4 nitrogen and oxygen atoms in total. The fourth-order valence-electron chi connectivity index (χ4n) is 1.54. The summed E-state index contributed by atoms with van der Waals surface area (Å²) in [6, 6.07) is 4.35. The van der Waals surface area contributed by atoms with Gasteiger partial charge in [0.05, 0.1) is 12.1 Å². The monoisotopic (exact) mass is 317 g/mol. The van der Waals surface area contributed by atoms with Gasteiger partial charge >= 0.3 is 0 Å². The maximum absolute atomic E-state index is 13.4. The van der Waals surface area contributed by atoms with Gasteiger partial charge in [-0.2, -0.15) is 0 Å². The molecule has 98 valence electrons. The molecule has 1 aromatic rings. The number of hydrogen-bond acceptors (Lipinski definition) is 3. The Hall–Kier alpha value is -1.14. The number of aliphatic hydroxyl groups is 1. The number of carbonyl (C=O) groups is 1. The van der Waals surface area contributed by atoms with Crippen LogP contribution in [0.5, 0.6) is 5.75 Å². The Morgan fingerprint density at radius 2 is 2.28 bits per heavy atom. The van der Waals surface area contributed by atoms with Gasteiger partial charge in [-0.25, -0.2) is 4.39 Å². The van der Waals surface area contributed by atoms with E-state index in [-0.39, 0.29) is 24.9 Å². The van der Waals surface area contributed by atoms with Gasteiger partial charge in [0.25, 0.3) is 5.91 Å². The van der Waals surface area contributed by atoms with Gasteiger partial charge in [-0.05, 0) is 31.0 Å². The molecule has 1 aliphatic rings. The van der Waals surface area contributed by atoms with Crippen molar-refractivity contribution >= 4 is 21.8 Å². The lowest BCUT2D eigenvalue weighted by Gasteiger charge is -2.14. The molecule has 18 heavy (non-hydrogen) atoms. The highest BCUT2D eigenvalue weighted by Crippen LogP contribution is 2.34. The molecule has 1 amide bonds. The number of carbonyl (C=O) groups excluding carboxylic acids is 1. The lowest BCUT2D eigenvalue weighted by molar-refractivity contribution is -0.124. The van der Waals surface area contributed by atoms with Crippen LogP contribution in [0, 0.1) is 5.82 Å². The number of halogens is 2. The van der Waals surface area contributed by atoms with Crippen LogP contribution in [-0.2, 0) is 4.79 Å². The molecule has 2 N–H and O–H groups in total. The van der Waals surface area contributed by atoms with Crippen LogP contribution < -0.4 is 10.1 Å². The molecule has 0 saturated heterocycles. The number of rotatable bonds is 5. The molecule has 0 aliphatic heterocycles. The summed E-state index contributed by atoms with van der Waals surface area (Å²) >= 11 is 3.13. The second-order valence-corrected chi connectivity index (χ2v) is 5.27. The van der Waals surface area contributed by atoms with Crippen LogP contribution in [0.25, 0.3) is 0 Å². The van der Waals surface area contributed by atoms with Gasteiger partial charge in [0.15, 0.2) is 18.2 Å². The molecule has 0 bridgehead atoms. The van der Waals surface area contributed by atoms with Gasteiger partial charge in [0, 0.05) is 4.47 Å². The summed E-state index contributed by atoms with van der Waals surface area (Å²) in [4.78, 5) is 11.5. The van der Waals surface area contributed by atoms with Crippen LogP contribution >= 0.6 is 15.9 Å². The highest BCUT2D eigenvalue weighted by molar-refractivity contribution is 9.10. The molecular weight excluding hydrogens is 305 g/mol. The predicted octanol–water partition coefficient (Wildman–Crippen LogP) is 1.61. The predicted molar refractivity (Wildman–Crippen MR) is 66.8 cm³/mol. The van der Waals surface area contributed by atoms with Crippen molar-refractivity contribution in [2.45, 2.75) is 18.4 Å². The number of nitrogens with one attached hydrogen (secondary N) is 1. The Morgan fingerprint density at radius 1 is 1.56 bits per heavy atom. The Balaban J connectivity index is 1.85. The Morgan fingerprint density at radius 3 is 2.83 bits per heavy atom. The highest BCUT2D eigenvalue weighted by atomic mass is 79.9. The van der Waals surface area contributed by atoms with Crippen molar-refractivity contribution in [2.24, 2.45) is 0 Å². The summed E-state index contributed by atoms with van der Waals surface area (Å²) < 4.78 is 19.1. The van der Waals surface area contributed by atoms with Crippen LogP contribution in [0.1, 0.15) is 12.8 Å². The summed E-state index contributed by atoms with van der Waals surface area (Å²) in [6.45, 7) is -0.342. The summed E-state index contributed by atoms with van der Waals surface area (Å²) in [7, 11) is 0. The summed E-state index contributed by atoms with van der Waals surface area (Å²) in [6.07, 6.45) is 1.53. The zero-order chi connectivity index (χ0) is 13.2. The molecule has 6 heteroatoms. The molecule has 0 aromatic heterocycles. The van der Waals surface area contributed by atoms with Crippen molar-refractivity contribution in [3.05, 3.63) is 28.5 Å². The quantitative estimate of drug-likeness (QED) is 0.867. The average Bonchev–Trinajstić information content (AvgIpc) is 3.08. The Labute approximate surface area is 112 Å². The lowest BCUT2D eigenvalue weighted by Crippen LogP contribution is -2.42. The van der Waals surface area contributed by atoms with Gasteiger partial charge in [0.1, 0.15) is 0 Å². The number of aliphatic hydroxyl groups excluding tert-OH is 1. The van der Waals surface area contributed by atoms with E-state index in [0.717, 1.165) is 12.8 Å². The molecule has 0 heterocycles. The Kier molecular flexibility index (Phi) is 3.87.